The zero-order valence-electron chi connectivity index (χ0n) is 12.0. The zero-order valence-corrected chi connectivity index (χ0v) is 12.8. The number of nitrogen functional groups attached to an aromatic ring is 1. The van der Waals surface area contributed by atoms with E-state index < -0.39 is 0 Å². The second-order valence-electron chi connectivity index (χ2n) is 5.19. The van der Waals surface area contributed by atoms with Crippen molar-refractivity contribution in [2.45, 2.75) is 26.3 Å². The van der Waals surface area contributed by atoms with E-state index in [1.54, 1.807) is 17.4 Å². The van der Waals surface area contributed by atoms with E-state index in [1.165, 1.54) is 9.75 Å². The number of benzene rings is 1. The summed E-state index contributed by atoms with van der Waals surface area (Å²) in [6, 6.07) is 12.3. The molecule has 3 aromatic rings. The van der Waals surface area contributed by atoms with Crippen molar-refractivity contribution in [1.29, 1.82) is 5.26 Å². The lowest BCUT2D eigenvalue weighted by atomic mass is 10.1. The molecule has 21 heavy (non-hydrogen) atoms. The van der Waals surface area contributed by atoms with Crippen LogP contribution in [0.25, 0.3) is 11.0 Å². The minimum absolute atomic E-state index is 0.196. The van der Waals surface area contributed by atoms with Crippen LogP contribution in [0.1, 0.15) is 28.3 Å². The topological polar surface area (TPSA) is 67.6 Å². The summed E-state index contributed by atoms with van der Waals surface area (Å²) in [7, 11) is 0. The Labute approximate surface area is 127 Å². The third-order valence-corrected chi connectivity index (χ3v) is 4.62. The molecule has 0 aliphatic heterocycles. The molecule has 5 heteroatoms. The van der Waals surface area contributed by atoms with Gasteiger partial charge in [-0.3, -0.25) is 0 Å². The number of anilines is 1. The molecule has 0 fully saturated rings. The molecule has 0 aliphatic rings. The van der Waals surface area contributed by atoms with Crippen LogP contribution in [0.2, 0.25) is 0 Å². The van der Waals surface area contributed by atoms with Crippen LogP contribution in [0.4, 0.5) is 5.95 Å². The summed E-state index contributed by atoms with van der Waals surface area (Å²) in [6.07, 6.45) is 0.908. The third kappa shape index (κ3) is 2.39. The number of nitrogens with two attached hydrogens (primary N) is 1. The van der Waals surface area contributed by atoms with E-state index in [2.05, 4.69) is 37.0 Å². The molecular weight excluding hydrogens is 280 g/mol. The fourth-order valence-electron chi connectivity index (χ4n) is 2.67. The van der Waals surface area contributed by atoms with Crippen molar-refractivity contribution in [2.24, 2.45) is 0 Å². The van der Waals surface area contributed by atoms with Gasteiger partial charge in [-0.1, -0.05) is 6.07 Å². The molecule has 2 heterocycles. The first-order valence-electron chi connectivity index (χ1n) is 6.82. The van der Waals surface area contributed by atoms with Crippen LogP contribution < -0.4 is 5.73 Å². The van der Waals surface area contributed by atoms with Gasteiger partial charge in [0.2, 0.25) is 5.95 Å². The molecule has 4 nitrogen and oxygen atoms in total. The van der Waals surface area contributed by atoms with Crippen molar-refractivity contribution in [1.82, 2.24) is 9.55 Å². The molecule has 2 N–H and O–H groups in total. The number of fused-ring (bicyclic) bond motifs is 1. The molecule has 0 radical (unpaired) electrons. The summed E-state index contributed by atoms with van der Waals surface area (Å²) in [5.41, 5.74) is 8.26. The highest BCUT2D eigenvalue weighted by Gasteiger charge is 2.16. The molecule has 0 saturated carbocycles. The second kappa shape index (κ2) is 5.23. The highest BCUT2D eigenvalue weighted by Crippen LogP contribution is 2.28. The van der Waals surface area contributed by atoms with E-state index in [-0.39, 0.29) is 6.04 Å². The number of para-hydroxylation sites is 1. The van der Waals surface area contributed by atoms with Crippen molar-refractivity contribution in [3.63, 3.8) is 0 Å². The SMILES string of the molecule is Cc1ccc(CC(C)n2c(N)nc3c(C#N)cccc32)s1. The number of nitrogens with zero attached hydrogens (tertiary/aromatic N) is 3. The first-order valence-corrected chi connectivity index (χ1v) is 7.63. The van der Waals surface area contributed by atoms with E-state index in [9.17, 15) is 5.26 Å². The summed E-state index contributed by atoms with van der Waals surface area (Å²) < 4.78 is 2.02. The predicted octanol–water partition coefficient (Wildman–Crippen LogP) is 3.66. The molecule has 1 aromatic carbocycles. The maximum Gasteiger partial charge on any atom is 0.201 e. The second-order valence-corrected chi connectivity index (χ2v) is 6.56. The molecule has 1 unspecified atom stereocenters. The average Bonchev–Trinajstić information content (AvgIpc) is 3.00. The number of hydrogen-bond donors (Lipinski definition) is 1. The van der Waals surface area contributed by atoms with Gasteiger partial charge in [0.1, 0.15) is 11.6 Å². The molecular formula is C16H16N4S. The summed E-state index contributed by atoms with van der Waals surface area (Å²) in [4.78, 5) is 7.02. The zero-order chi connectivity index (χ0) is 15.0. The van der Waals surface area contributed by atoms with Crippen LogP contribution in [0.5, 0.6) is 0 Å². The Hall–Kier alpha value is -2.32. The number of imidazole rings is 1. The Morgan fingerprint density at radius 2 is 2.19 bits per heavy atom. The number of nitriles is 1. The van der Waals surface area contributed by atoms with Crippen molar-refractivity contribution < 1.29 is 0 Å². The summed E-state index contributed by atoms with van der Waals surface area (Å²) in [6.45, 7) is 4.24. The molecule has 1 atom stereocenters. The maximum atomic E-state index is 9.17. The Kier molecular flexibility index (Phi) is 3.40. The Bertz CT molecular complexity index is 838. The van der Waals surface area contributed by atoms with Crippen LogP contribution in [0.3, 0.4) is 0 Å². The van der Waals surface area contributed by atoms with E-state index in [4.69, 9.17) is 5.73 Å². The highest BCUT2D eigenvalue weighted by molar-refractivity contribution is 7.11. The minimum atomic E-state index is 0.196. The van der Waals surface area contributed by atoms with Gasteiger partial charge >= 0.3 is 0 Å². The number of aryl methyl sites for hydroxylation is 1. The first kappa shape index (κ1) is 13.7. The number of hydrogen-bond acceptors (Lipinski definition) is 4. The van der Waals surface area contributed by atoms with Crippen LogP contribution in [-0.2, 0) is 6.42 Å². The average molecular weight is 296 g/mol. The summed E-state index contributed by atoms with van der Waals surface area (Å²) in [5, 5.41) is 9.17. The first-order chi connectivity index (χ1) is 10.1. The van der Waals surface area contributed by atoms with Gasteiger partial charge in [-0.05, 0) is 38.1 Å². The van der Waals surface area contributed by atoms with E-state index in [0.29, 0.717) is 17.0 Å². The van der Waals surface area contributed by atoms with Gasteiger partial charge in [0, 0.05) is 22.2 Å². The van der Waals surface area contributed by atoms with Crippen LogP contribution in [-0.4, -0.2) is 9.55 Å². The Balaban J connectivity index is 2.04. The van der Waals surface area contributed by atoms with E-state index >= 15 is 0 Å². The molecule has 106 valence electrons. The van der Waals surface area contributed by atoms with Gasteiger partial charge < -0.3 is 10.3 Å². The molecule has 2 aromatic heterocycles. The Morgan fingerprint density at radius 1 is 1.38 bits per heavy atom. The molecule has 0 aliphatic carbocycles. The van der Waals surface area contributed by atoms with Crippen LogP contribution in [0, 0.1) is 18.3 Å². The highest BCUT2D eigenvalue weighted by atomic mass is 32.1. The fraction of sp³-hybridized carbons (Fsp3) is 0.250. The number of thiophene rings is 1. The molecule has 0 bridgehead atoms. The van der Waals surface area contributed by atoms with Crippen LogP contribution >= 0.6 is 11.3 Å². The lowest BCUT2D eigenvalue weighted by molar-refractivity contribution is 0.571. The standard InChI is InChI=1S/C16H16N4S/c1-10(8-13-7-6-11(2)21-13)20-14-5-3-4-12(9-17)15(14)19-16(20)18/h3-7,10H,8H2,1-2H3,(H2,18,19). The smallest absolute Gasteiger partial charge is 0.201 e. The molecule has 0 amide bonds. The maximum absolute atomic E-state index is 9.17. The van der Waals surface area contributed by atoms with Crippen molar-refractivity contribution in [2.75, 3.05) is 5.73 Å². The monoisotopic (exact) mass is 296 g/mol. The van der Waals surface area contributed by atoms with Gasteiger partial charge in [0.15, 0.2) is 0 Å². The lowest BCUT2D eigenvalue weighted by Crippen LogP contribution is -2.10. The fourth-order valence-corrected chi connectivity index (χ4v) is 3.68. The number of aromatic nitrogens is 2. The predicted molar refractivity (Wildman–Crippen MR) is 86.3 cm³/mol. The molecule has 3 rings (SSSR count). The quantitative estimate of drug-likeness (QED) is 0.802. The van der Waals surface area contributed by atoms with Gasteiger partial charge in [-0.2, -0.15) is 5.26 Å². The molecule has 0 saturated heterocycles. The van der Waals surface area contributed by atoms with E-state index in [1.807, 2.05) is 16.7 Å². The van der Waals surface area contributed by atoms with Crippen molar-refractivity contribution in [3.8, 4) is 6.07 Å². The molecule has 0 spiro atoms. The van der Waals surface area contributed by atoms with E-state index in [0.717, 1.165) is 11.9 Å². The van der Waals surface area contributed by atoms with Gasteiger partial charge in [0.25, 0.3) is 0 Å². The summed E-state index contributed by atoms with van der Waals surface area (Å²) in [5.74, 6) is 0.466. The number of rotatable bonds is 3. The van der Waals surface area contributed by atoms with Gasteiger partial charge in [-0.15, -0.1) is 11.3 Å². The normalized spacial score (nSPS) is 12.4. The van der Waals surface area contributed by atoms with Gasteiger partial charge in [0.05, 0.1) is 11.1 Å². The third-order valence-electron chi connectivity index (χ3n) is 3.60. The van der Waals surface area contributed by atoms with Gasteiger partial charge in [-0.25, -0.2) is 4.98 Å². The van der Waals surface area contributed by atoms with Crippen molar-refractivity contribution in [3.05, 3.63) is 45.6 Å². The summed E-state index contributed by atoms with van der Waals surface area (Å²) >= 11 is 1.81. The van der Waals surface area contributed by atoms with Crippen molar-refractivity contribution >= 4 is 28.3 Å². The Morgan fingerprint density at radius 3 is 2.86 bits per heavy atom. The van der Waals surface area contributed by atoms with Crippen LogP contribution in [0.15, 0.2) is 30.3 Å². The largest absolute Gasteiger partial charge is 0.369 e. The minimum Gasteiger partial charge on any atom is -0.369 e. The lowest BCUT2D eigenvalue weighted by Gasteiger charge is -2.15.